The highest BCUT2D eigenvalue weighted by Crippen LogP contribution is 2.34. The van der Waals surface area contributed by atoms with Gasteiger partial charge in [-0.15, -0.1) is 11.3 Å². The summed E-state index contributed by atoms with van der Waals surface area (Å²) in [5, 5.41) is 13.4. The molecule has 0 saturated heterocycles. The molecule has 4 heteroatoms. The van der Waals surface area contributed by atoms with Gasteiger partial charge in [0.15, 0.2) is 0 Å². The Hall–Kier alpha value is 0.300. The van der Waals surface area contributed by atoms with Gasteiger partial charge in [-0.05, 0) is 24.3 Å². The maximum absolute atomic E-state index is 10.0. The molecule has 1 aliphatic rings. The normalized spacial score (nSPS) is 19.9. The van der Waals surface area contributed by atoms with Crippen molar-refractivity contribution in [3.63, 3.8) is 0 Å². The topological polar surface area (TPSA) is 20.2 Å². The predicted octanol–water partition coefficient (Wildman–Crippen LogP) is 4.50. The van der Waals surface area contributed by atoms with Gasteiger partial charge in [-0.3, -0.25) is 0 Å². The fourth-order valence-electron chi connectivity index (χ4n) is 2.08. The summed E-state index contributed by atoms with van der Waals surface area (Å²) in [6, 6.07) is 1.86. The Morgan fingerprint density at radius 3 is 2.81 bits per heavy atom. The molecule has 2 rings (SSSR count). The molecule has 1 nitrogen and oxygen atoms in total. The molecule has 1 aromatic rings. The van der Waals surface area contributed by atoms with Crippen LogP contribution in [0.5, 0.6) is 0 Å². The summed E-state index contributed by atoms with van der Waals surface area (Å²) >= 11 is 9.46. The lowest BCUT2D eigenvalue weighted by Gasteiger charge is -2.22. The van der Waals surface area contributed by atoms with Crippen molar-refractivity contribution < 1.29 is 5.11 Å². The van der Waals surface area contributed by atoms with Gasteiger partial charge >= 0.3 is 0 Å². The van der Waals surface area contributed by atoms with Gasteiger partial charge < -0.3 is 5.11 Å². The molecule has 16 heavy (non-hydrogen) atoms. The second-order valence-corrected chi connectivity index (χ2v) is 6.93. The average Bonchev–Trinajstić information content (AvgIpc) is 2.74. The van der Waals surface area contributed by atoms with Crippen LogP contribution < -0.4 is 0 Å². The third kappa shape index (κ3) is 3.39. The minimum atomic E-state index is -0.389. The van der Waals surface area contributed by atoms with Crippen molar-refractivity contribution >= 4 is 34.7 Å². The summed E-state index contributed by atoms with van der Waals surface area (Å²) in [6.07, 6.45) is 6.34. The second kappa shape index (κ2) is 6.29. The van der Waals surface area contributed by atoms with Gasteiger partial charge in [-0.25, -0.2) is 0 Å². The molecule has 0 spiro atoms. The van der Waals surface area contributed by atoms with Crippen LogP contribution in [0.1, 0.15) is 43.1 Å². The Morgan fingerprint density at radius 2 is 2.19 bits per heavy atom. The summed E-state index contributed by atoms with van der Waals surface area (Å²) in [5.74, 6) is 0.783. The quantitative estimate of drug-likeness (QED) is 0.874. The highest BCUT2D eigenvalue weighted by molar-refractivity contribution is 7.99. The standard InChI is InChI=1S/C12H17ClOS2/c13-10-6-7-15-12(10)11(14)8-16-9-4-2-1-3-5-9/h6-7,9,11,14H,1-5,8H2. The first-order chi connectivity index (χ1) is 7.77. The molecule has 0 radical (unpaired) electrons. The van der Waals surface area contributed by atoms with E-state index in [1.165, 1.54) is 32.1 Å². The van der Waals surface area contributed by atoms with E-state index in [0.717, 1.165) is 15.9 Å². The van der Waals surface area contributed by atoms with Gasteiger partial charge in [0.2, 0.25) is 0 Å². The highest BCUT2D eigenvalue weighted by atomic mass is 35.5. The minimum absolute atomic E-state index is 0.389. The van der Waals surface area contributed by atoms with Crippen LogP contribution in [0.3, 0.4) is 0 Å². The van der Waals surface area contributed by atoms with E-state index in [2.05, 4.69) is 0 Å². The first-order valence-electron chi connectivity index (χ1n) is 5.80. The molecule has 1 unspecified atom stereocenters. The Morgan fingerprint density at radius 1 is 1.44 bits per heavy atom. The molecular weight excluding hydrogens is 260 g/mol. The van der Waals surface area contributed by atoms with Crippen molar-refractivity contribution in [2.75, 3.05) is 5.75 Å². The van der Waals surface area contributed by atoms with Gasteiger partial charge in [0, 0.05) is 11.0 Å². The largest absolute Gasteiger partial charge is 0.387 e. The van der Waals surface area contributed by atoms with E-state index in [1.54, 1.807) is 11.3 Å². The highest BCUT2D eigenvalue weighted by Gasteiger charge is 2.18. The number of rotatable bonds is 4. The van der Waals surface area contributed by atoms with Gasteiger partial charge in [0.25, 0.3) is 0 Å². The van der Waals surface area contributed by atoms with Crippen molar-refractivity contribution in [2.24, 2.45) is 0 Å². The lowest BCUT2D eigenvalue weighted by molar-refractivity contribution is 0.208. The van der Waals surface area contributed by atoms with Crippen LogP contribution in [0.15, 0.2) is 11.4 Å². The molecule has 0 aromatic carbocycles. The average molecular weight is 277 g/mol. The van der Waals surface area contributed by atoms with Crippen LogP contribution in [0.25, 0.3) is 0 Å². The number of thioether (sulfide) groups is 1. The molecule has 1 aromatic heterocycles. The monoisotopic (exact) mass is 276 g/mol. The van der Waals surface area contributed by atoms with Gasteiger partial charge in [0.1, 0.15) is 0 Å². The van der Waals surface area contributed by atoms with Crippen LogP contribution in [-0.2, 0) is 0 Å². The van der Waals surface area contributed by atoms with E-state index < -0.39 is 0 Å². The summed E-state index contributed by atoms with van der Waals surface area (Å²) in [4.78, 5) is 0.921. The zero-order valence-electron chi connectivity index (χ0n) is 9.19. The number of hydrogen-bond acceptors (Lipinski definition) is 3. The van der Waals surface area contributed by atoms with Crippen LogP contribution >= 0.6 is 34.7 Å². The Kier molecular flexibility index (Phi) is 5.01. The van der Waals surface area contributed by atoms with Crippen molar-refractivity contribution in [1.82, 2.24) is 0 Å². The molecule has 1 aliphatic carbocycles. The van der Waals surface area contributed by atoms with E-state index >= 15 is 0 Å². The first kappa shape index (κ1) is 12.7. The molecule has 90 valence electrons. The molecule has 0 aliphatic heterocycles. The summed E-state index contributed by atoms with van der Waals surface area (Å²) < 4.78 is 0. The third-order valence-electron chi connectivity index (χ3n) is 2.99. The number of aliphatic hydroxyl groups is 1. The van der Waals surface area contributed by atoms with Crippen LogP contribution in [0.4, 0.5) is 0 Å². The van der Waals surface area contributed by atoms with Gasteiger partial charge in [-0.2, -0.15) is 11.8 Å². The fraction of sp³-hybridized carbons (Fsp3) is 0.667. The molecule has 0 amide bonds. The van der Waals surface area contributed by atoms with Crippen molar-refractivity contribution in [3.05, 3.63) is 21.3 Å². The number of halogens is 1. The molecule has 1 heterocycles. The number of aliphatic hydroxyl groups excluding tert-OH is 1. The summed E-state index contributed by atoms with van der Waals surface area (Å²) in [5.41, 5.74) is 0. The lowest BCUT2D eigenvalue weighted by Crippen LogP contribution is -2.11. The van der Waals surface area contributed by atoms with Crippen LogP contribution in [0.2, 0.25) is 5.02 Å². The fourth-order valence-corrected chi connectivity index (χ4v) is 4.64. The van der Waals surface area contributed by atoms with E-state index in [0.29, 0.717) is 5.02 Å². The molecular formula is C12H17ClOS2. The van der Waals surface area contributed by atoms with Crippen molar-refractivity contribution in [3.8, 4) is 0 Å². The minimum Gasteiger partial charge on any atom is -0.387 e. The van der Waals surface area contributed by atoms with Crippen molar-refractivity contribution in [2.45, 2.75) is 43.5 Å². The Bertz CT molecular complexity index is 321. The predicted molar refractivity (Wildman–Crippen MR) is 73.6 cm³/mol. The maximum atomic E-state index is 10.0. The lowest BCUT2D eigenvalue weighted by atomic mass is 10.0. The molecule has 0 bridgehead atoms. The summed E-state index contributed by atoms with van der Waals surface area (Å²) in [7, 11) is 0. The molecule has 1 saturated carbocycles. The second-order valence-electron chi connectivity index (χ2n) is 4.24. The zero-order chi connectivity index (χ0) is 11.4. The third-order valence-corrected chi connectivity index (χ3v) is 5.90. The SMILES string of the molecule is OC(CSC1CCCCC1)c1sccc1Cl. The van der Waals surface area contributed by atoms with E-state index in [4.69, 9.17) is 11.6 Å². The molecule has 1 fully saturated rings. The summed E-state index contributed by atoms with van der Waals surface area (Å²) in [6.45, 7) is 0. The Balaban J connectivity index is 1.79. The number of hydrogen-bond donors (Lipinski definition) is 1. The number of thiophene rings is 1. The van der Waals surface area contributed by atoms with Crippen LogP contribution in [0, 0.1) is 0 Å². The van der Waals surface area contributed by atoms with Gasteiger partial charge in [0.05, 0.1) is 16.0 Å². The smallest absolute Gasteiger partial charge is 0.0987 e. The van der Waals surface area contributed by atoms with Crippen molar-refractivity contribution in [1.29, 1.82) is 0 Å². The maximum Gasteiger partial charge on any atom is 0.0987 e. The van der Waals surface area contributed by atoms with E-state index in [9.17, 15) is 5.11 Å². The molecule has 1 N–H and O–H groups in total. The zero-order valence-corrected chi connectivity index (χ0v) is 11.6. The van der Waals surface area contributed by atoms with Gasteiger partial charge in [-0.1, -0.05) is 30.9 Å². The van der Waals surface area contributed by atoms with Crippen LogP contribution in [-0.4, -0.2) is 16.1 Å². The van der Waals surface area contributed by atoms with E-state index in [-0.39, 0.29) is 6.10 Å². The molecule has 1 atom stereocenters. The Labute approximate surface area is 110 Å². The first-order valence-corrected chi connectivity index (χ1v) is 8.10. The van der Waals surface area contributed by atoms with E-state index in [1.807, 2.05) is 23.2 Å².